The van der Waals surface area contributed by atoms with E-state index in [9.17, 15) is 14.4 Å². The minimum absolute atomic E-state index is 0.0113. The van der Waals surface area contributed by atoms with Gasteiger partial charge in [0.15, 0.2) is 0 Å². The average Bonchev–Trinajstić information content (AvgIpc) is 2.74. The van der Waals surface area contributed by atoms with Crippen molar-refractivity contribution in [3.63, 3.8) is 0 Å². The molecule has 1 aliphatic heterocycles. The van der Waals surface area contributed by atoms with E-state index in [1.807, 2.05) is 29.2 Å². The minimum atomic E-state index is -0.183. The minimum Gasteiger partial charge on any atom is -0.496 e. The molecule has 3 rings (SSSR count). The lowest BCUT2D eigenvalue weighted by Crippen LogP contribution is -2.47. The van der Waals surface area contributed by atoms with Gasteiger partial charge in [-0.15, -0.1) is 0 Å². The van der Waals surface area contributed by atoms with Crippen molar-refractivity contribution in [3.05, 3.63) is 59.7 Å². The molecule has 2 N–H and O–H groups in total. The first-order valence-corrected chi connectivity index (χ1v) is 10.0. The Hall–Kier alpha value is -3.35. The summed E-state index contributed by atoms with van der Waals surface area (Å²) in [4.78, 5) is 38.3. The van der Waals surface area contributed by atoms with E-state index >= 15 is 0 Å². The highest BCUT2D eigenvalue weighted by atomic mass is 16.5. The molecular formula is C23H27N3O4. The summed E-state index contributed by atoms with van der Waals surface area (Å²) in [5, 5.41) is 5.71. The SMILES string of the molecule is COc1ccccc1CC(=O)N1CCC(NC(=O)c2cccc(NC(C)=O)c2)CC1. The summed E-state index contributed by atoms with van der Waals surface area (Å²) in [5.74, 6) is 0.417. The van der Waals surface area contributed by atoms with Crippen molar-refractivity contribution in [1.29, 1.82) is 0 Å². The summed E-state index contributed by atoms with van der Waals surface area (Å²) < 4.78 is 5.32. The van der Waals surface area contributed by atoms with Crippen LogP contribution in [0.25, 0.3) is 0 Å². The normalized spacial score (nSPS) is 14.1. The van der Waals surface area contributed by atoms with E-state index in [1.165, 1.54) is 6.92 Å². The number of anilines is 1. The quantitative estimate of drug-likeness (QED) is 0.768. The van der Waals surface area contributed by atoms with Gasteiger partial charge in [0, 0.05) is 42.9 Å². The van der Waals surface area contributed by atoms with Gasteiger partial charge in [0.25, 0.3) is 5.91 Å². The standard InChI is InChI=1S/C23H27N3O4/c1-16(27)24-20-8-5-7-18(14-20)23(29)25-19-10-12-26(13-11-19)22(28)15-17-6-3-4-9-21(17)30-2/h3-9,14,19H,10-13,15H2,1-2H3,(H,24,27)(H,25,29). The number of likely N-dealkylation sites (tertiary alicyclic amines) is 1. The van der Waals surface area contributed by atoms with Crippen molar-refractivity contribution in [2.45, 2.75) is 32.2 Å². The Balaban J connectivity index is 1.51. The maximum atomic E-state index is 12.7. The molecule has 0 bridgehead atoms. The summed E-state index contributed by atoms with van der Waals surface area (Å²) in [6.45, 7) is 2.63. The Labute approximate surface area is 176 Å². The smallest absolute Gasteiger partial charge is 0.251 e. The van der Waals surface area contributed by atoms with Crippen LogP contribution >= 0.6 is 0 Å². The zero-order chi connectivity index (χ0) is 21.5. The zero-order valence-corrected chi connectivity index (χ0v) is 17.3. The van der Waals surface area contributed by atoms with Crippen LogP contribution in [0, 0.1) is 0 Å². The number of hydrogen-bond donors (Lipinski definition) is 2. The molecule has 0 spiro atoms. The fourth-order valence-electron chi connectivity index (χ4n) is 3.61. The fourth-order valence-corrected chi connectivity index (χ4v) is 3.61. The maximum Gasteiger partial charge on any atom is 0.251 e. The molecule has 0 atom stereocenters. The highest BCUT2D eigenvalue weighted by Gasteiger charge is 2.24. The maximum absolute atomic E-state index is 12.7. The van der Waals surface area contributed by atoms with Crippen LogP contribution in [0.5, 0.6) is 5.75 Å². The Morgan fingerprint density at radius 2 is 1.80 bits per heavy atom. The van der Waals surface area contributed by atoms with E-state index in [-0.39, 0.29) is 23.8 Å². The van der Waals surface area contributed by atoms with Gasteiger partial charge < -0.3 is 20.3 Å². The number of ether oxygens (including phenoxy) is 1. The fraction of sp³-hybridized carbons (Fsp3) is 0.348. The van der Waals surface area contributed by atoms with Gasteiger partial charge in [-0.05, 0) is 37.1 Å². The number of methoxy groups -OCH3 is 1. The number of benzene rings is 2. The Kier molecular flexibility index (Phi) is 7.06. The molecular weight excluding hydrogens is 382 g/mol. The summed E-state index contributed by atoms with van der Waals surface area (Å²) in [5.41, 5.74) is 1.96. The first-order valence-electron chi connectivity index (χ1n) is 10.0. The number of hydrogen-bond acceptors (Lipinski definition) is 4. The molecule has 1 aliphatic rings. The van der Waals surface area contributed by atoms with Crippen LogP contribution in [-0.4, -0.2) is 48.9 Å². The molecule has 2 aromatic rings. The molecule has 1 heterocycles. The lowest BCUT2D eigenvalue weighted by molar-refractivity contribution is -0.131. The van der Waals surface area contributed by atoms with E-state index in [2.05, 4.69) is 10.6 Å². The van der Waals surface area contributed by atoms with Crippen LogP contribution in [0.3, 0.4) is 0 Å². The number of piperidine rings is 1. The van der Waals surface area contributed by atoms with Crippen molar-refractivity contribution in [1.82, 2.24) is 10.2 Å². The second-order valence-electron chi connectivity index (χ2n) is 7.38. The topological polar surface area (TPSA) is 87.7 Å². The van der Waals surface area contributed by atoms with Crippen molar-refractivity contribution >= 4 is 23.4 Å². The van der Waals surface area contributed by atoms with Crippen molar-refractivity contribution in [2.24, 2.45) is 0 Å². The first-order chi connectivity index (χ1) is 14.5. The highest BCUT2D eigenvalue weighted by Crippen LogP contribution is 2.20. The average molecular weight is 409 g/mol. The van der Waals surface area contributed by atoms with Crippen molar-refractivity contribution in [3.8, 4) is 5.75 Å². The van der Waals surface area contributed by atoms with Crippen LogP contribution in [0.1, 0.15) is 35.7 Å². The third kappa shape index (κ3) is 5.59. The largest absolute Gasteiger partial charge is 0.496 e. The van der Waals surface area contributed by atoms with E-state index in [0.29, 0.717) is 43.6 Å². The van der Waals surface area contributed by atoms with E-state index in [0.717, 1.165) is 11.3 Å². The van der Waals surface area contributed by atoms with Gasteiger partial charge in [-0.2, -0.15) is 0 Å². The third-order valence-corrected chi connectivity index (χ3v) is 5.16. The monoisotopic (exact) mass is 409 g/mol. The van der Waals surface area contributed by atoms with Crippen LogP contribution in [-0.2, 0) is 16.0 Å². The Bertz CT molecular complexity index is 920. The van der Waals surface area contributed by atoms with Crippen molar-refractivity contribution < 1.29 is 19.1 Å². The first kappa shape index (κ1) is 21.4. The lowest BCUT2D eigenvalue weighted by Gasteiger charge is -2.32. The van der Waals surface area contributed by atoms with E-state index in [4.69, 9.17) is 4.74 Å². The summed E-state index contributed by atoms with van der Waals surface area (Å²) >= 11 is 0. The number of nitrogens with zero attached hydrogens (tertiary/aromatic N) is 1. The number of carbonyl (C=O) groups excluding carboxylic acids is 3. The van der Waals surface area contributed by atoms with Crippen LogP contribution in [0.2, 0.25) is 0 Å². The summed E-state index contributed by atoms with van der Waals surface area (Å²) in [7, 11) is 1.60. The molecule has 1 fully saturated rings. The number of carbonyl (C=O) groups is 3. The lowest BCUT2D eigenvalue weighted by atomic mass is 10.0. The zero-order valence-electron chi connectivity index (χ0n) is 17.3. The molecule has 0 radical (unpaired) electrons. The van der Waals surface area contributed by atoms with E-state index < -0.39 is 0 Å². The molecule has 158 valence electrons. The van der Waals surface area contributed by atoms with Crippen LogP contribution < -0.4 is 15.4 Å². The number of nitrogens with one attached hydrogen (secondary N) is 2. The second-order valence-corrected chi connectivity index (χ2v) is 7.38. The van der Waals surface area contributed by atoms with Crippen LogP contribution in [0.4, 0.5) is 5.69 Å². The molecule has 30 heavy (non-hydrogen) atoms. The van der Waals surface area contributed by atoms with Crippen LogP contribution in [0.15, 0.2) is 48.5 Å². The molecule has 3 amide bonds. The summed E-state index contributed by atoms with van der Waals surface area (Å²) in [6.07, 6.45) is 1.71. The molecule has 0 unspecified atom stereocenters. The molecule has 0 aliphatic carbocycles. The highest BCUT2D eigenvalue weighted by molar-refractivity contribution is 5.97. The van der Waals surface area contributed by atoms with Gasteiger partial charge in [-0.1, -0.05) is 24.3 Å². The Morgan fingerprint density at radius 1 is 1.07 bits per heavy atom. The van der Waals surface area contributed by atoms with Crippen molar-refractivity contribution in [2.75, 3.05) is 25.5 Å². The molecule has 0 saturated carbocycles. The molecule has 1 saturated heterocycles. The molecule has 2 aromatic carbocycles. The van der Waals surface area contributed by atoms with Gasteiger partial charge >= 0.3 is 0 Å². The van der Waals surface area contributed by atoms with Gasteiger partial charge in [-0.25, -0.2) is 0 Å². The van der Waals surface area contributed by atoms with E-state index in [1.54, 1.807) is 31.4 Å². The number of amides is 3. The van der Waals surface area contributed by atoms with Gasteiger partial charge in [0.2, 0.25) is 11.8 Å². The Morgan fingerprint density at radius 3 is 2.50 bits per heavy atom. The summed E-state index contributed by atoms with van der Waals surface area (Å²) in [6, 6.07) is 14.4. The molecule has 7 nitrogen and oxygen atoms in total. The predicted molar refractivity (Wildman–Crippen MR) is 115 cm³/mol. The predicted octanol–water partition coefficient (Wildman–Crippen LogP) is 2.62. The molecule has 7 heteroatoms. The number of para-hydroxylation sites is 1. The van der Waals surface area contributed by atoms with Gasteiger partial charge in [-0.3, -0.25) is 14.4 Å². The second kappa shape index (κ2) is 9.91. The third-order valence-electron chi connectivity index (χ3n) is 5.16. The molecule has 0 aromatic heterocycles. The number of rotatable bonds is 6. The van der Waals surface area contributed by atoms with Gasteiger partial charge in [0.1, 0.15) is 5.75 Å². The van der Waals surface area contributed by atoms with Gasteiger partial charge in [0.05, 0.1) is 13.5 Å².